The number of carbonyl (C=O) groups excluding carboxylic acids is 1. The Hall–Kier alpha value is -0.390. The van der Waals surface area contributed by atoms with E-state index in [1.165, 1.54) is 9.40 Å². The summed E-state index contributed by atoms with van der Waals surface area (Å²) in [6, 6.07) is 4.05. The van der Waals surface area contributed by atoms with Crippen molar-refractivity contribution in [1.29, 1.82) is 0 Å². The molecule has 2 nitrogen and oxygen atoms in total. The van der Waals surface area contributed by atoms with Gasteiger partial charge in [-0.05, 0) is 17.5 Å². The number of thiophene rings is 2. The van der Waals surface area contributed by atoms with Gasteiger partial charge in [-0.3, -0.25) is 4.79 Å². The molecule has 0 atom stereocenters. The quantitative estimate of drug-likeness (QED) is 0.796. The maximum atomic E-state index is 11.9. The van der Waals surface area contributed by atoms with Gasteiger partial charge in [-0.25, -0.2) is 0 Å². The molecule has 0 N–H and O–H groups in total. The Morgan fingerprint density at radius 3 is 3.00 bits per heavy atom. The van der Waals surface area contributed by atoms with Crippen molar-refractivity contribution in [3.63, 3.8) is 0 Å². The van der Waals surface area contributed by atoms with Crippen molar-refractivity contribution in [1.82, 2.24) is 4.90 Å². The molecule has 2 heterocycles. The lowest BCUT2D eigenvalue weighted by Gasteiger charge is -2.13. The van der Waals surface area contributed by atoms with Crippen molar-refractivity contribution in [3.8, 4) is 0 Å². The van der Waals surface area contributed by atoms with Crippen LogP contribution in [0, 0.1) is 0 Å². The molecule has 0 bridgehead atoms. The topological polar surface area (TPSA) is 20.3 Å². The summed E-state index contributed by atoms with van der Waals surface area (Å²) in [6.45, 7) is 0.740. The van der Waals surface area contributed by atoms with Gasteiger partial charge >= 0.3 is 0 Å². The summed E-state index contributed by atoms with van der Waals surface area (Å²) in [7, 11) is 1.83. The van der Waals surface area contributed by atoms with Gasteiger partial charge in [0, 0.05) is 28.3 Å². The molecule has 0 aliphatic carbocycles. The van der Waals surface area contributed by atoms with Crippen LogP contribution < -0.4 is 0 Å². The third-order valence-corrected chi connectivity index (χ3v) is 4.55. The molecule has 0 saturated carbocycles. The Morgan fingerprint density at radius 2 is 2.33 bits per heavy atom. The lowest BCUT2D eigenvalue weighted by atomic mass is 10.4. The number of hydrogen-bond donors (Lipinski definition) is 0. The van der Waals surface area contributed by atoms with Crippen molar-refractivity contribution in [3.05, 3.63) is 22.4 Å². The second kappa shape index (κ2) is 4.63. The molecule has 2 aromatic rings. The first kappa shape index (κ1) is 11.1. The summed E-state index contributed by atoms with van der Waals surface area (Å²) in [4.78, 5) is 14.5. The van der Waals surface area contributed by atoms with Crippen LogP contribution >= 0.6 is 38.6 Å². The first-order chi connectivity index (χ1) is 7.22. The fourth-order valence-corrected chi connectivity index (χ4v) is 3.92. The molecule has 0 aliphatic rings. The van der Waals surface area contributed by atoms with Crippen molar-refractivity contribution in [2.75, 3.05) is 18.9 Å². The van der Waals surface area contributed by atoms with Gasteiger partial charge in [0.15, 0.2) is 0 Å². The molecule has 0 unspecified atom stereocenters. The average molecular weight is 304 g/mol. The van der Waals surface area contributed by atoms with Crippen molar-refractivity contribution in [2.24, 2.45) is 0 Å². The highest BCUT2D eigenvalue weighted by atomic mass is 79.9. The van der Waals surface area contributed by atoms with Crippen molar-refractivity contribution in [2.45, 2.75) is 0 Å². The lowest BCUT2D eigenvalue weighted by molar-refractivity contribution is 0.0809. The van der Waals surface area contributed by atoms with Gasteiger partial charge in [0.1, 0.15) is 0 Å². The van der Waals surface area contributed by atoms with E-state index in [9.17, 15) is 4.79 Å². The largest absolute Gasteiger partial charge is 0.340 e. The number of halogens is 1. The van der Waals surface area contributed by atoms with E-state index in [1.807, 2.05) is 13.1 Å². The van der Waals surface area contributed by atoms with Gasteiger partial charge in [-0.2, -0.15) is 0 Å². The number of carbonyl (C=O) groups is 1. The van der Waals surface area contributed by atoms with Crippen LogP contribution in [0.1, 0.15) is 9.67 Å². The molecule has 0 spiro atoms. The minimum Gasteiger partial charge on any atom is -0.340 e. The van der Waals surface area contributed by atoms with Gasteiger partial charge < -0.3 is 4.90 Å². The number of rotatable bonds is 3. The van der Waals surface area contributed by atoms with Gasteiger partial charge in [-0.15, -0.1) is 22.7 Å². The monoisotopic (exact) mass is 303 g/mol. The molecule has 1 amide bonds. The van der Waals surface area contributed by atoms with Crippen LogP contribution in [0.3, 0.4) is 0 Å². The number of amides is 1. The Bertz CT molecular complexity index is 448. The molecule has 0 aromatic carbocycles. The van der Waals surface area contributed by atoms with Crippen molar-refractivity contribution >= 4 is 53.9 Å². The zero-order valence-corrected chi connectivity index (χ0v) is 11.4. The molecular formula is C10H10BrNOS2. The molecule has 0 radical (unpaired) electrons. The molecule has 0 saturated heterocycles. The van der Waals surface area contributed by atoms with E-state index in [1.54, 1.807) is 27.6 Å². The van der Waals surface area contributed by atoms with Crippen LogP contribution in [0.2, 0.25) is 0 Å². The Labute approximate surface area is 105 Å². The number of nitrogens with zero attached hydrogens (tertiary/aromatic N) is 1. The lowest BCUT2D eigenvalue weighted by Crippen LogP contribution is -2.27. The van der Waals surface area contributed by atoms with Crippen LogP contribution in [0.15, 0.2) is 17.5 Å². The Kier molecular flexibility index (Phi) is 3.43. The van der Waals surface area contributed by atoms with E-state index in [0.29, 0.717) is 0 Å². The second-order valence-corrected chi connectivity index (χ2v) is 6.00. The van der Waals surface area contributed by atoms with E-state index in [2.05, 4.69) is 27.4 Å². The molecule has 5 heteroatoms. The summed E-state index contributed by atoms with van der Waals surface area (Å²) in [5.74, 6) is 0.114. The molecule has 2 aromatic heterocycles. The van der Waals surface area contributed by atoms with Crippen molar-refractivity contribution < 1.29 is 4.79 Å². The maximum Gasteiger partial charge on any atom is 0.263 e. The van der Waals surface area contributed by atoms with E-state index >= 15 is 0 Å². The summed E-state index contributed by atoms with van der Waals surface area (Å²) in [5.41, 5.74) is 0. The first-order valence-electron chi connectivity index (χ1n) is 4.51. The summed E-state index contributed by atoms with van der Waals surface area (Å²) in [5, 5.41) is 2.87. The van der Waals surface area contributed by atoms with E-state index in [0.717, 1.165) is 16.8 Å². The number of alkyl halides is 1. The van der Waals surface area contributed by atoms with Gasteiger partial charge in [0.05, 0.1) is 4.88 Å². The van der Waals surface area contributed by atoms with Crippen LogP contribution in [0.25, 0.3) is 9.40 Å². The predicted molar refractivity (Wildman–Crippen MR) is 70.5 cm³/mol. The third kappa shape index (κ3) is 2.24. The fourth-order valence-electron chi connectivity index (χ4n) is 1.29. The highest BCUT2D eigenvalue weighted by Gasteiger charge is 2.14. The maximum absolute atomic E-state index is 11.9. The summed E-state index contributed by atoms with van der Waals surface area (Å²) < 4.78 is 2.41. The highest BCUT2D eigenvalue weighted by molar-refractivity contribution is 9.09. The minimum absolute atomic E-state index is 0.114. The number of fused-ring (bicyclic) bond motifs is 1. The van der Waals surface area contributed by atoms with Gasteiger partial charge in [-0.1, -0.05) is 15.9 Å². The minimum atomic E-state index is 0.114. The molecule has 80 valence electrons. The predicted octanol–water partition coefficient (Wildman–Crippen LogP) is 3.43. The van der Waals surface area contributed by atoms with Gasteiger partial charge in [0.25, 0.3) is 5.91 Å². The molecule has 15 heavy (non-hydrogen) atoms. The standard InChI is InChI=1S/C10H10BrNOS2/c1-12(4-3-11)10(13)9-6-8-7(15-9)2-5-14-8/h2,5-6H,3-4H2,1H3. The first-order valence-corrected chi connectivity index (χ1v) is 7.32. The SMILES string of the molecule is CN(CCBr)C(=O)c1cc2sccc2s1. The Balaban J connectivity index is 2.23. The fraction of sp³-hybridized carbons (Fsp3) is 0.300. The van der Waals surface area contributed by atoms with Crippen LogP contribution in [-0.4, -0.2) is 29.7 Å². The average Bonchev–Trinajstić information content (AvgIpc) is 2.75. The Morgan fingerprint density at radius 1 is 1.53 bits per heavy atom. The molecular weight excluding hydrogens is 294 g/mol. The highest BCUT2D eigenvalue weighted by Crippen LogP contribution is 2.30. The zero-order valence-electron chi connectivity index (χ0n) is 8.20. The second-order valence-electron chi connectivity index (χ2n) is 3.18. The van der Waals surface area contributed by atoms with E-state index in [-0.39, 0.29) is 5.91 Å². The van der Waals surface area contributed by atoms with Crippen LogP contribution in [-0.2, 0) is 0 Å². The smallest absolute Gasteiger partial charge is 0.263 e. The molecule has 0 aliphatic heterocycles. The third-order valence-electron chi connectivity index (χ3n) is 2.12. The van der Waals surface area contributed by atoms with Gasteiger partial charge in [0.2, 0.25) is 0 Å². The van der Waals surface area contributed by atoms with Crippen LogP contribution in [0.5, 0.6) is 0 Å². The van der Waals surface area contributed by atoms with E-state index < -0.39 is 0 Å². The molecule has 2 rings (SSSR count). The summed E-state index contributed by atoms with van der Waals surface area (Å²) >= 11 is 6.58. The summed E-state index contributed by atoms with van der Waals surface area (Å²) in [6.07, 6.45) is 0. The normalized spacial score (nSPS) is 10.8. The number of hydrogen-bond acceptors (Lipinski definition) is 3. The van der Waals surface area contributed by atoms with E-state index in [4.69, 9.17) is 0 Å². The van der Waals surface area contributed by atoms with Crippen LogP contribution in [0.4, 0.5) is 0 Å². The molecule has 0 fully saturated rings. The zero-order chi connectivity index (χ0) is 10.8.